The molecule has 0 saturated heterocycles. The predicted octanol–water partition coefficient (Wildman–Crippen LogP) is 4.00. The fraction of sp³-hybridized carbons (Fsp3) is 0.250. The molecule has 0 aliphatic carbocycles. The number of methoxy groups -OCH3 is 1. The zero-order valence-corrected chi connectivity index (χ0v) is 14.8. The smallest absolute Gasteiger partial charge is 0.226 e. The quantitative estimate of drug-likeness (QED) is 0.610. The lowest BCUT2D eigenvalue weighted by Crippen LogP contribution is -2.24. The van der Waals surface area contributed by atoms with Crippen molar-refractivity contribution in [1.82, 2.24) is 9.88 Å². The van der Waals surface area contributed by atoms with Crippen molar-refractivity contribution in [2.45, 2.75) is 6.54 Å². The van der Waals surface area contributed by atoms with E-state index in [4.69, 9.17) is 13.9 Å². The van der Waals surface area contributed by atoms with Gasteiger partial charge in [0, 0.05) is 18.7 Å². The number of hydrogen-bond acceptors (Lipinski definition) is 5. The molecule has 1 aromatic heterocycles. The van der Waals surface area contributed by atoms with Gasteiger partial charge in [-0.2, -0.15) is 0 Å². The van der Waals surface area contributed by atoms with Gasteiger partial charge >= 0.3 is 0 Å². The molecule has 0 amide bonds. The molecule has 6 heteroatoms. The Balaban J connectivity index is 1.49. The van der Waals surface area contributed by atoms with E-state index in [1.54, 1.807) is 25.5 Å². The van der Waals surface area contributed by atoms with Crippen LogP contribution in [0.25, 0.3) is 11.5 Å². The molecule has 0 atom stereocenters. The summed E-state index contributed by atoms with van der Waals surface area (Å²) < 4.78 is 29.2. The van der Waals surface area contributed by atoms with Gasteiger partial charge in [-0.1, -0.05) is 0 Å². The Bertz CT molecular complexity index is 816. The first-order valence-corrected chi connectivity index (χ1v) is 8.30. The van der Waals surface area contributed by atoms with Gasteiger partial charge in [-0.25, -0.2) is 9.37 Å². The average molecular weight is 356 g/mol. The van der Waals surface area contributed by atoms with Gasteiger partial charge in [0.2, 0.25) is 5.89 Å². The van der Waals surface area contributed by atoms with Gasteiger partial charge in [0.1, 0.15) is 30.2 Å². The van der Waals surface area contributed by atoms with Gasteiger partial charge in [-0.05, 0) is 55.6 Å². The van der Waals surface area contributed by atoms with Crippen LogP contribution < -0.4 is 9.47 Å². The number of oxazole rings is 1. The molecule has 2 aromatic carbocycles. The number of rotatable bonds is 8. The Morgan fingerprint density at radius 2 is 1.73 bits per heavy atom. The van der Waals surface area contributed by atoms with Crippen LogP contribution in [0.2, 0.25) is 0 Å². The Morgan fingerprint density at radius 1 is 1.04 bits per heavy atom. The first kappa shape index (κ1) is 17.9. The third kappa shape index (κ3) is 4.83. The fourth-order valence-corrected chi connectivity index (χ4v) is 2.45. The van der Waals surface area contributed by atoms with Crippen molar-refractivity contribution in [3.8, 4) is 23.0 Å². The summed E-state index contributed by atoms with van der Waals surface area (Å²) in [6.45, 7) is 1.86. The Hall–Kier alpha value is -2.86. The molecular formula is C20H21FN2O3. The molecular weight excluding hydrogens is 335 g/mol. The molecule has 3 rings (SSSR count). The number of hydrogen-bond donors (Lipinski definition) is 0. The highest BCUT2D eigenvalue weighted by molar-refractivity contribution is 5.54. The van der Waals surface area contributed by atoms with E-state index in [2.05, 4.69) is 9.88 Å². The highest BCUT2D eigenvalue weighted by Gasteiger charge is 2.09. The molecule has 3 aromatic rings. The molecule has 0 unspecified atom stereocenters. The molecule has 26 heavy (non-hydrogen) atoms. The second-order valence-corrected chi connectivity index (χ2v) is 5.91. The standard InChI is InChI=1S/C20H21FN2O3/c1-23(11-12-25-19-9-5-16(21)6-10-19)13-17-14-26-20(22-17)15-3-7-18(24-2)8-4-15/h3-10,14H,11-13H2,1-2H3. The van der Waals surface area contributed by atoms with Crippen molar-refractivity contribution in [2.75, 3.05) is 27.3 Å². The van der Waals surface area contributed by atoms with Gasteiger partial charge < -0.3 is 13.9 Å². The molecule has 0 spiro atoms. The van der Waals surface area contributed by atoms with E-state index in [9.17, 15) is 4.39 Å². The van der Waals surface area contributed by atoms with Crippen LogP contribution >= 0.6 is 0 Å². The zero-order valence-electron chi connectivity index (χ0n) is 14.8. The fourth-order valence-electron chi connectivity index (χ4n) is 2.45. The summed E-state index contributed by atoms with van der Waals surface area (Å²) in [5, 5.41) is 0. The largest absolute Gasteiger partial charge is 0.497 e. The van der Waals surface area contributed by atoms with Crippen LogP contribution in [0.4, 0.5) is 4.39 Å². The summed E-state index contributed by atoms with van der Waals surface area (Å²) in [5.74, 6) is 1.76. The highest BCUT2D eigenvalue weighted by atomic mass is 19.1. The Labute approximate surface area is 152 Å². The van der Waals surface area contributed by atoms with Gasteiger partial charge in [-0.3, -0.25) is 4.90 Å². The second kappa shape index (κ2) is 8.49. The first-order valence-electron chi connectivity index (χ1n) is 8.30. The number of ether oxygens (including phenoxy) is 2. The molecule has 0 aliphatic heterocycles. The van der Waals surface area contributed by atoms with Crippen molar-refractivity contribution in [3.05, 3.63) is 66.3 Å². The van der Waals surface area contributed by atoms with Crippen LogP contribution in [-0.2, 0) is 6.54 Å². The molecule has 0 aliphatic rings. The lowest BCUT2D eigenvalue weighted by Gasteiger charge is -2.15. The van der Waals surface area contributed by atoms with Crippen molar-refractivity contribution in [1.29, 1.82) is 0 Å². The van der Waals surface area contributed by atoms with Crippen LogP contribution in [0.15, 0.2) is 59.2 Å². The van der Waals surface area contributed by atoms with Crippen LogP contribution in [0.5, 0.6) is 11.5 Å². The molecule has 0 saturated carbocycles. The molecule has 0 fully saturated rings. The van der Waals surface area contributed by atoms with Gasteiger partial charge in [-0.15, -0.1) is 0 Å². The Kier molecular flexibility index (Phi) is 5.86. The number of likely N-dealkylation sites (N-methyl/N-ethyl adjacent to an activating group) is 1. The summed E-state index contributed by atoms with van der Waals surface area (Å²) in [4.78, 5) is 6.60. The van der Waals surface area contributed by atoms with E-state index in [0.717, 1.165) is 17.0 Å². The minimum atomic E-state index is -0.270. The van der Waals surface area contributed by atoms with Crippen LogP contribution in [-0.4, -0.2) is 37.2 Å². The number of halogens is 1. The van der Waals surface area contributed by atoms with Crippen molar-refractivity contribution in [2.24, 2.45) is 0 Å². The minimum Gasteiger partial charge on any atom is -0.497 e. The third-order valence-corrected chi connectivity index (χ3v) is 3.88. The number of aromatic nitrogens is 1. The monoisotopic (exact) mass is 356 g/mol. The van der Waals surface area contributed by atoms with Crippen LogP contribution in [0, 0.1) is 5.82 Å². The van der Waals surface area contributed by atoms with Crippen LogP contribution in [0.3, 0.4) is 0 Å². The van der Waals surface area contributed by atoms with Crippen LogP contribution in [0.1, 0.15) is 5.69 Å². The molecule has 5 nitrogen and oxygen atoms in total. The zero-order chi connectivity index (χ0) is 18.4. The summed E-state index contributed by atoms with van der Waals surface area (Å²) in [6.07, 6.45) is 1.66. The van der Waals surface area contributed by atoms with E-state index in [1.807, 2.05) is 31.3 Å². The van der Waals surface area contributed by atoms with E-state index >= 15 is 0 Å². The minimum absolute atomic E-state index is 0.270. The molecule has 0 radical (unpaired) electrons. The molecule has 0 N–H and O–H groups in total. The Morgan fingerprint density at radius 3 is 2.42 bits per heavy atom. The average Bonchev–Trinajstić information content (AvgIpc) is 3.12. The first-order chi connectivity index (χ1) is 12.6. The summed E-state index contributed by atoms with van der Waals surface area (Å²) in [7, 11) is 3.61. The van der Waals surface area contributed by atoms with Gasteiger partial charge in [0.25, 0.3) is 0 Å². The van der Waals surface area contributed by atoms with Crippen molar-refractivity contribution in [3.63, 3.8) is 0 Å². The molecule has 0 bridgehead atoms. The predicted molar refractivity (Wildman–Crippen MR) is 96.7 cm³/mol. The normalized spacial score (nSPS) is 10.9. The van der Waals surface area contributed by atoms with Gasteiger partial charge in [0.15, 0.2) is 0 Å². The number of benzene rings is 2. The highest BCUT2D eigenvalue weighted by Crippen LogP contribution is 2.22. The van der Waals surface area contributed by atoms with Crippen molar-refractivity contribution >= 4 is 0 Å². The summed E-state index contributed by atoms with van der Waals surface area (Å²) in [6, 6.07) is 13.6. The second-order valence-electron chi connectivity index (χ2n) is 5.91. The molecule has 136 valence electrons. The lowest BCUT2D eigenvalue weighted by atomic mass is 10.2. The maximum atomic E-state index is 12.9. The third-order valence-electron chi connectivity index (χ3n) is 3.88. The summed E-state index contributed by atoms with van der Waals surface area (Å²) >= 11 is 0. The number of nitrogens with zero attached hydrogens (tertiary/aromatic N) is 2. The van der Waals surface area contributed by atoms with E-state index in [1.165, 1.54) is 12.1 Å². The lowest BCUT2D eigenvalue weighted by molar-refractivity contribution is 0.231. The van der Waals surface area contributed by atoms with Crippen molar-refractivity contribution < 1.29 is 18.3 Å². The van der Waals surface area contributed by atoms with Gasteiger partial charge in [0.05, 0.1) is 12.8 Å². The van der Waals surface area contributed by atoms with E-state index in [0.29, 0.717) is 31.3 Å². The van der Waals surface area contributed by atoms with E-state index < -0.39 is 0 Å². The topological polar surface area (TPSA) is 47.7 Å². The van der Waals surface area contributed by atoms with E-state index in [-0.39, 0.29) is 5.82 Å². The SMILES string of the molecule is COc1ccc(-c2nc(CN(C)CCOc3ccc(F)cc3)co2)cc1. The maximum Gasteiger partial charge on any atom is 0.226 e. The summed E-state index contributed by atoms with van der Waals surface area (Å²) in [5.41, 5.74) is 1.75. The molecule has 1 heterocycles. The maximum absolute atomic E-state index is 12.9.